The van der Waals surface area contributed by atoms with Gasteiger partial charge in [0.1, 0.15) is 0 Å². The minimum absolute atomic E-state index is 0.0330. The van der Waals surface area contributed by atoms with Crippen molar-refractivity contribution in [1.82, 2.24) is 4.90 Å². The summed E-state index contributed by atoms with van der Waals surface area (Å²) in [5.41, 5.74) is 1.85. The number of anilines is 1. The molecule has 0 radical (unpaired) electrons. The summed E-state index contributed by atoms with van der Waals surface area (Å²) >= 11 is 6.03. The number of rotatable bonds is 4. The fourth-order valence-electron chi connectivity index (χ4n) is 2.84. The van der Waals surface area contributed by atoms with Crippen LogP contribution in [0.3, 0.4) is 0 Å². The maximum absolute atomic E-state index is 12.3. The molecule has 0 N–H and O–H groups in total. The van der Waals surface area contributed by atoms with Crippen molar-refractivity contribution >= 4 is 35.0 Å². The second kappa shape index (κ2) is 8.01. The standard InChI is InChI=1S/C19H18ClN3O3/c20-16-2-1-3-18(14-16)21-10-12-22(13-11-21)19(24)9-6-15-4-7-17(8-5-15)23(25)26/h1-9,14H,10-13H2/b9-6+. The molecular weight excluding hydrogens is 354 g/mol. The fourth-order valence-corrected chi connectivity index (χ4v) is 3.02. The number of carbonyl (C=O) groups excluding carboxylic acids is 1. The molecule has 1 aliphatic rings. The number of hydrogen-bond donors (Lipinski definition) is 0. The van der Waals surface area contributed by atoms with E-state index >= 15 is 0 Å². The molecule has 0 aliphatic carbocycles. The Labute approximate surface area is 156 Å². The van der Waals surface area contributed by atoms with E-state index in [0.29, 0.717) is 18.1 Å². The van der Waals surface area contributed by atoms with Gasteiger partial charge >= 0.3 is 0 Å². The molecule has 1 aliphatic heterocycles. The van der Waals surface area contributed by atoms with E-state index in [9.17, 15) is 14.9 Å². The Bertz CT molecular complexity index is 828. The van der Waals surface area contributed by atoms with Gasteiger partial charge in [0, 0.05) is 55.1 Å². The summed E-state index contributed by atoms with van der Waals surface area (Å²) in [5.74, 6) is -0.0610. The number of nitro groups is 1. The van der Waals surface area contributed by atoms with Gasteiger partial charge in [0.25, 0.3) is 5.69 Å². The first-order valence-corrected chi connectivity index (χ1v) is 8.63. The molecule has 2 aromatic carbocycles. The minimum atomic E-state index is -0.446. The van der Waals surface area contributed by atoms with Crippen molar-refractivity contribution in [2.75, 3.05) is 31.1 Å². The second-order valence-corrected chi connectivity index (χ2v) is 6.41. The number of hydrogen-bond acceptors (Lipinski definition) is 4. The van der Waals surface area contributed by atoms with Gasteiger partial charge in [-0.1, -0.05) is 17.7 Å². The van der Waals surface area contributed by atoms with Crippen LogP contribution in [-0.2, 0) is 4.79 Å². The average molecular weight is 372 g/mol. The van der Waals surface area contributed by atoms with E-state index in [4.69, 9.17) is 11.6 Å². The maximum Gasteiger partial charge on any atom is 0.269 e. The van der Waals surface area contributed by atoms with Gasteiger partial charge in [-0.3, -0.25) is 14.9 Å². The largest absolute Gasteiger partial charge is 0.368 e. The number of nitrogens with zero attached hydrogens (tertiary/aromatic N) is 3. The molecule has 6 nitrogen and oxygen atoms in total. The lowest BCUT2D eigenvalue weighted by molar-refractivity contribution is -0.384. The maximum atomic E-state index is 12.3. The topological polar surface area (TPSA) is 66.7 Å². The summed E-state index contributed by atoms with van der Waals surface area (Å²) in [5, 5.41) is 11.3. The average Bonchev–Trinajstić information content (AvgIpc) is 2.66. The predicted octanol–water partition coefficient (Wildman–Crippen LogP) is 3.61. The number of piperazine rings is 1. The summed E-state index contributed by atoms with van der Waals surface area (Å²) in [6, 6.07) is 13.8. The highest BCUT2D eigenvalue weighted by Crippen LogP contribution is 2.21. The minimum Gasteiger partial charge on any atom is -0.368 e. The second-order valence-electron chi connectivity index (χ2n) is 5.97. The zero-order valence-electron chi connectivity index (χ0n) is 14.0. The highest BCUT2D eigenvalue weighted by atomic mass is 35.5. The van der Waals surface area contributed by atoms with Crippen molar-refractivity contribution in [2.24, 2.45) is 0 Å². The Morgan fingerprint density at radius 1 is 1.08 bits per heavy atom. The molecule has 0 saturated carbocycles. The van der Waals surface area contributed by atoms with Gasteiger partial charge in [0.2, 0.25) is 5.91 Å². The molecule has 1 saturated heterocycles. The summed E-state index contributed by atoms with van der Waals surface area (Å²) in [6.07, 6.45) is 3.19. The zero-order valence-corrected chi connectivity index (χ0v) is 14.8. The smallest absolute Gasteiger partial charge is 0.269 e. The number of non-ortho nitro benzene ring substituents is 1. The van der Waals surface area contributed by atoms with Crippen LogP contribution >= 0.6 is 11.6 Å². The van der Waals surface area contributed by atoms with Gasteiger partial charge in [0.05, 0.1) is 4.92 Å². The number of amides is 1. The number of nitro benzene ring substituents is 1. The van der Waals surface area contributed by atoms with Crippen LogP contribution in [0.4, 0.5) is 11.4 Å². The first-order chi connectivity index (χ1) is 12.5. The lowest BCUT2D eigenvalue weighted by Crippen LogP contribution is -2.48. The van der Waals surface area contributed by atoms with Crippen LogP contribution in [0.25, 0.3) is 6.08 Å². The Hall–Kier alpha value is -2.86. The molecule has 3 rings (SSSR count). The van der Waals surface area contributed by atoms with Crippen LogP contribution in [0.1, 0.15) is 5.56 Å². The van der Waals surface area contributed by atoms with Crippen LogP contribution in [0.5, 0.6) is 0 Å². The predicted molar refractivity (Wildman–Crippen MR) is 102 cm³/mol. The van der Waals surface area contributed by atoms with E-state index in [2.05, 4.69) is 4.90 Å². The van der Waals surface area contributed by atoms with Gasteiger partial charge in [0.15, 0.2) is 0 Å². The lowest BCUT2D eigenvalue weighted by Gasteiger charge is -2.35. The number of halogens is 1. The molecule has 26 heavy (non-hydrogen) atoms. The number of carbonyl (C=O) groups is 1. The van der Waals surface area contributed by atoms with Crippen LogP contribution < -0.4 is 4.90 Å². The normalized spacial score (nSPS) is 14.7. The van der Waals surface area contributed by atoms with Crippen molar-refractivity contribution in [3.05, 3.63) is 75.3 Å². The first kappa shape index (κ1) is 17.9. The number of benzene rings is 2. The SMILES string of the molecule is O=C(/C=C/c1ccc([N+](=O)[O-])cc1)N1CCN(c2cccc(Cl)c2)CC1. The summed E-state index contributed by atoms with van der Waals surface area (Å²) in [7, 11) is 0. The third kappa shape index (κ3) is 4.40. The van der Waals surface area contributed by atoms with Gasteiger partial charge in [-0.15, -0.1) is 0 Å². The van der Waals surface area contributed by atoms with Crippen molar-refractivity contribution in [2.45, 2.75) is 0 Å². The molecule has 1 amide bonds. The molecule has 0 bridgehead atoms. The van der Waals surface area contributed by atoms with E-state index in [1.807, 2.05) is 24.3 Å². The van der Waals surface area contributed by atoms with Gasteiger partial charge < -0.3 is 9.80 Å². The van der Waals surface area contributed by atoms with E-state index < -0.39 is 4.92 Å². The highest BCUT2D eigenvalue weighted by molar-refractivity contribution is 6.30. The molecule has 1 fully saturated rings. The fraction of sp³-hybridized carbons (Fsp3) is 0.211. The van der Waals surface area contributed by atoms with E-state index in [1.54, 1.807) is 23.1 Å². The van der Waals surface area contributed by atoms with Gasteiger partial charge in [-0.2, -0.15) is 0 Å². The summed E-state index contributed by atoms with van der Waals surface area (Å²) < 4.78 is 0. The van der Waals surface area contributed by atoms with E-state index in [1.165, 1.54) is 18.2 Å². The quantitative estimate of drug-likeness (QED) is 0.468. The molecule has 7 heteroatoms. The summed E-state index contributed by atoms with van der Waals surface area (Å²) in [6.45, 7) is 2.76. The van der Waals surface area contributed by atoms with Gasteiger partial charge in [-0.05, 0) is 42.0 Å². The molecule has 0 atom stereocenters. The van der Waals surface area contributed by atoms with Crippen LogP contribution in [0.2, 0.25) is 5.02 Å². The molecule has 2 aromatic rings. The van der Waals surface area contributed by atoms with Crippen molar-refractivity contribution in [1.29, 1.82) is 0 Å². The monoisotopic (exact) mass is 371 g/mol. The third-order valence-corrected chi connectivity index (χ3v) is 4.52. The Kier molecular flexibility index (Phi) is 5.53. The van der Waals surface area contributed by atoms with Crippen LogP contribution in [0, 0.1) is 10.1 Å². The van der Waals surface area contributed by atoms with Gasteiger partial charge in [-0.25, -0.2) is 0 Å². The summed E-state index contributed by atoms with van der Waals surface area (Å²) in [4.78, 5) is 26.5. The van der Waals surface area contributed by atoms with E-state index in [0.717, 1.165) is 24.3 Å². The van der Waals surface area contributed by atoms with Crippen LogP contribution in [0.15, 0.2) is 54.6 Å². The molecule has 1 heterocycles. The first-order valence-electron chi connectivity index (χ1n) is 8.25. The molecule has 0 spiro atoms. The Morgan fingerprint density at radius 3 is 2.38 bits per heavy atom. The molecule has 0 aromatic heterocycles. The molecule has 134 valence electrons. The van der Waals surface area contributed by atoms with Crippen molar-refractivity contribution in [3.63, 3.8) is 0 Å². The zero-order chi connectivity index (χ0) is 18.5. The van der Waals surface area contributed by atoms with Crippen molar-refractivity contribution < 1.29 is 9.72 Å². The molecular formula is C19H18ClN3O3. The Morgan fingerprint density at radius 2 is 1.77 bits per heavy atom. The van der Waals surface area contributed by atoms with Crippen molar-refractivity contribution in [3.8, 4) is 0 Å². The Balaban J connectivity index is 1.55. The molecule has 0 unspecified atom stereocenters. The van der Waals surface area contributed by atoms with E-state index in [-0.39, 0.29) is 11.6 Å². The lowest BCUT2D eigenvalue weighted by atomic mass is 10.2. The van der Waals surface area contributed by atoms with Crippen LogP contribution in [-0.4, -0.2) is 41.9 Å². The highest BCUT2D eigenvalue weighted by Gasteiger charge is 2.19. The third-order valence-electron chi connectivity index (χ3n) is 4.29.